The van der Waals surface area contributed by atoms with Gasteiger partial charge in [0.15, 0.2) is 0 Å². The lowest BCUT2D eigenvalue weighted by Gasteiger charge is -2.05. The van der Waals surface area contributed by atoms with Crippen LogP contribution >= 0.6 is 11.6 Å². The number of halogens is 1. The normalized spacial score (nSPS) is 11.1. The van der Waals surface area contributed by atoms with Gasteiger partial charge >= 0.3 is 0 Å². The predicted octanol–water partition coefficient (Wildman–Crippen LogP) is 4.29. The summed E-state index contributed by atoms with van der Waals surface area (Å²) in [6, 6.07) is 13.7. The Balaban J connectivity index is 1.93. The molecule has 0 fully saturated rings. The van der Waals surface area contributed by atoms with Crippen molar-refractivity contribution < 1.29 is 0 Å². The van der Waals surface area contributed by atoms with Gasteiger partial charge in [0.05, 0.1) is 16.9 Å². The highest BCUT2D eigenvalue weighted by molar-refractivity contribution is 6.32. The third-order valence-electron chi connectivity index (χ3n) is 3.59. The number of anilines is 1. The van der Waals surface area contributed by atoms with Gasteiger partial charge in [-0.2, -0.15) is 0 Å². The van der Waals surface area contributed by atoms with Crippen LogP contribution in [0, 0.1) is 0 Å². The highest BCUT2D eigenvalue weighted by Crippen LogP contribution is 2.25. The average molecular weight is 313 g/mol. The second-order valence-corrected chi connectivity index (χ2v) is 5.94. The molecule has 22 heavy (non-hydrogen) atoms. The standard InChI is InChI=1S/C17H17ClN4/c1-11(2)12-3-5-13(6-4-12)16-10-22(21-20-16)17-8-7-14(19)9-15(17)18/h3-11H,19H2,1-2H3. The van der Waals surface area contributed by atoms with Gasteiger partial charge in [0.2, 0.25) is 0 Å². The molecule has 1 heterocycles. The van der Waals surface area contributed by atoms with E-state index >= 15 is 0 Å². The number of hydrogen-bond donors (Lipinski definition) is 1. The first-order valence-corrected chi connectivity index (χ1v) is 7.50. The molecule has 4 nitrogen and oxygen atoms in total. The van der Waals surface area contributed by atoms with Crippen LogP contribution < -0.4 is 5.73 Å². The molecule has 0 atom stereocenters. The zero-order chi connectivity index (χ0) is 15.7. The van der Waals surface area contributed by atoms with Crippen molar-refractivity contribution >= 4 is 17.3 Å². The Kier molecular flexibility index (Phi) is 3.86. The molecule has 0 radical (unpaired) electrons. The summed E-state index contributed by atoms with van der Waals surface area (Å²) in [6.07, 6.45) is 1.86. The molecule has 0 saturated carbocycles. The molecular formula is C17H17ClN4. The Morgan fingerprint density at radius 3 is 2.45 bits per heavy atom. The number of hydrogen-bond acceptors (Lipinski definition) is 3. The Hall–Kier alpha value is -2.33. The number of aromatic nitrogens is 3. The molecule has 0 saturated heterocycles. The molecular weight excluding hydrogens is 296 g/mol. The molecule has 0 bridgehead atoms. The van der Waals surface area contributed by atoms with Crippen LogP contribution in [0.25, 0.3) is 16.9 Å². The molecule has 112 valence electrons. The van der Waals surface area contributed by atoms with Crippen LogP contribution in [0.5, 0.6) is 0 Å². The molecule has 0 aliphatic carbocycles. The van der Waals surface area contributed by atoms with Gasteiger partial charge in [-0.1, -0.05) is 54.9 Å². The summed E-state index contributed by atoms with van der Waals surface area (Å²) in [6.45, 7) is 4.35. The molecule has 0 amide bonds. The third kappa shape index (κ3) is 2.83. The molecule has 0 aliphatic rings. The van der Waals surface area contributed by atoms with E-state index in [0.29, 0.717) is 16.6 Å². The quantitative estimate of drug-likeness (QED) is 0.734. The molecule has 2 aromatic carbocycles. The van der Waals surface area contributed by atoms with E-state index in [1.165, 1.54) is 5.56 Å². The van der Waals surface area contributed by atoms with E-state index in [0.717, 1.165) is 16.9 Å². The number of nitrogens with zero attached hydrogens (tertiary/aromatic N) is 3. The summed E-state index contributed by atoms with van der Waals surface area (Å²) >= 11 is 6.21. The summed E-state index contributed by atoms with van der Waals surface area (Å²) in [5, 5.41) is 8.92. The van der Waals surface area contributed by atoms with Crippen molar-refractivity contribution in [3.05, 3.63) is 59.2 Å². The zero-order valence-electron chi connectivity index (χ0n) is 12.5. The first-order chi connectivity index (χ1) is 10.5. The van der Waals surface area contributed by atoms with Gasteiger partial charge in [-0.05, 0) is 29.7 Å². The monoisotopic (exact) mass is 312 g/mol. The minimum absolute atomic E-state index is 0.512. The van der Waals surface area contributed by atoms with E-state index in [2.05, 4.69) is 48.4 Å². The van der Waals surface area contributed by atoms with Gasteiger partial charge in [0.1, 0.15) is 5.69 Å². The summed E-state index contributed by atoms with van der Waals surface area (Å²) < 4.78 is 1.66. The van der Waals surface area contributed by atoms with Crippen LogP contribution in [-0.4, -0.2) is 15.0 Å². The van der Waals surface area contributed by atoms with Gasteiger partial charge in [-0.15, -0.1) is 5.10 Å². The minimum Gasteiger partial charge on any atom is -0.399 e. The van der Waals surface area contributed by atoms with E-state index in [4.69, 9.17) is 17.3 Å². The summed E-state index contributed by atoms with van der Waals surface area (Å²) in [4.78, 5) is 0. The van der Waals surface area contributed by atoms with E-state index in [9.17, 15) is 0 Å². The lowest BCUT2D eigenvalue weighted by atomic mass is 10.0. The van der Waals surface area contributed by atoms with Gasteiger partial charge in [-0.3, -0.25) is 0 Å². The van der Waals surface area contributed by atoms with Crippen molar-refractivity contribution in [2.75, 3.05) is 5.73 Å². The lowest BCUT2D eigenvalue weighted by Crippen LogP contribution is -1.96. The minimum atomic E-state index is 0.512. The van der Waals surface area contributed by atoms with Crippen LogP contribution in [0.15, 0.2) is 48.7 Å². The number of nitrogen functional groups attached to an aromatic ring is 1. The number of benzene rings is 2. The molecule has 5 heteroatoms. The van der Waals surface area contributed by atoms with Crippen LogP contribution in [0.2, 0.25) is 5.02 Å². The van der Waals surface area contributed by atoms with Crippen LogP contribution in [0.4, 0.5) is 5.69 Å². The van der Waals surface area contributed by atoms with Gasteiger partial charge in [-0.25, -0.2) is 4.68 Å². The summed E-state index contributed by atoms with van der Waals surface area (Å²) in [5.41, 5.74) is 10.2. The van der Waals surface area contributed by atoms with E-state index < -0.39 is 0 Å². The second kappa shape index (κ2) is 5.81. The predicted molar refractivity (Wildman–Crippen MR) is 90.3 cm³/mol. The average Bonchev–Trinajstić information content (AvgIpc) is 2.97. The van der Waals surface area contributed by atoms with E-state index in [1.807, 2.05) is 12.3 Å². The summed E-state index contributed by atoms with van der Waals surface area (Å²) in [7, 11) is 0. The molecule has 2 N–H and O–H groups in total. The highest BCUT2D eigenvalue weighted by Gasteiger charge is 2.09. The van der Waals surface area contributed by atoms with Crippen LogP contribution in [0.1, 0.15) is 25.3 Å². The van der Waals surface area contributed by atoms with Crippen molar-refractivity contribution in [1.29, 1.82) is 0 Å². The molecule has 3 rings (SSSR count). The first-order valence-electron chi connectivity index (χ1n) is 7.12. The van der Waals surface area contributed by atoms with E-state index in [-0.39, 0.29) is 0 Å². The Labute approximate surface area is 134 Å². The maximum Gasteiger partial charge on any atom is 0.113 e. The van der Waals surface area contributed by atoms with Gasteiger partial charge in [0.25, 0.3) is 0 Å². The van der Waals surface area contributed by atoms with Gasteiger partial charge < -0.3 is 5.73 Å². The second-order valence-electron chi connectivity index (χ2n) is 5.54. The Bertz CT molecular complexity index is 791. The highest BCUT2D eigenvalue weighted by atomic mass is 35.5. The first kappa shape index (κ1) is 14.6. The largest absolute Gasteiger partial charge is 0.399 e. The fourth-order valence-corrected chi connectivity index (χ4v) is 2.54. The van der Waals surface area contributed by atoms with Crippen molar-refractivity contribution in [3.63, 3.8) is 0 Å². The van der Waals surface area contributed by atoms with Crippen molar-refractivity contribution in [3.8, 4) is 16.9 Å². The van der Waals surface area contributed by atoms with Crippen LogP contribution in [-0.2, 0) is 0 Å². The maximum atomic E-state index is 6.21. The van der Waals surface area contributed by atoms with E-state index in [1.54, 1.807) is 16.8 Å². The van der Waals surface area contributed by atoms with Gasteiger partial charge in [0, 0.05) is 11.3 Å². The molecule has 1 aromatic heterocycles. The SMILES string of the molecule is CC(C)c1ccc(-c2cn(-c3ccc(N)cc3Cl)nn2)cc1. The lowest BCUT2D eigenvalue weighted by molar-refractivity contribution is 0.804. The third-order valence-corrected chi connectivity index (χ3v) is 3.89. The fourth-order valence-electron chi connectivity index (χ4n) is 2.26. The topological polar surface area (TPSA) is 56.7 Å². The van der Waals surface area contributed by atoms with Crippen molar-refractivity contribution in [1.82, 2.24) is 15.0 Å². The maximum absolute atomic E-state index is 6.21. The smallest absolute Gasteiger partial charge is 0.113 e. The summed E-state index contributed by atoms with van der Waals surface area (Å²) in [5.74, 6) is 0.512. The molecule has 0 aliphatic heterocycles. The number of nitrogens with two attached hydrogens (primary N) is 1. The Morgan fingerprint density at radius 1 is 1.09 bits per heavy atom. The van der Waals surface area contributed by atoms with Crippen LogP contribution in [0.3, 0.4) is 0 Å². The van der Waals surface area contributed by atoms with Crippen molar-refractivity contribution in [2.24, 2.45) is 0 Å². The molecule has 0 unspecified atom stereocenters. The van der Waals surface area contributed by atoms with Crippen molar-refractivity contribution in [2.45, 2.75) is 19.8 Å². The molecule has 3 aromatic rings. The number of rotatable bonds is 3. The Morgan fingerprint density at radius 2 is 1.82 bits per heavy atom. The fraction of sp³-hybridized carbons (Fsp3) is 0.176. The zero-order valence-corrected chi connectivity index (χ0v) is 13.2. The molecule has 0 spiro atoms.